The predicted molar refractivity (Wildman–Crippen MR) is 154 cm³/mol. The molecule has 0 bridgehead atoms. The summed E-state index contributed by atoms with van der Waals surface area (Å²) in [5.74, 6) is 0. The summed E-state index contributed by atoms with van der Waals surface area (Å²) in [4.78, 5) is 21.3. The highest BCUT2D eigenvalue weighted by atomic mass is 32.2. The molecule has 0 saturated heterocycles. The number of benzene rings is 4. The average molecular weight is 624 g/mol. The standard InChI is InChI=1S/C27H21N5O9S2/c33-30-27-21-11-19(42(38,39)28-15-17-7-3-1-4-8-17)13-23(31(34)35)25(21)26-22(27)12-20(14-24(26)32(36)37)43(40,41)29-16-18-9-5-2-6-10-18/h1-14,28-29,33H,15-16H2. The molecule has 4 aromatic rings. The summed E-state index contributed by atoms with van der Waals surface area (Å²) in [6.07, 6.45) is 0. The Hall–Kier alpha value is -5.03. The van der Waals surface area contributed by atoms with Crippen molar-refractivity contribution in [2.75, 3.05) is 0 Å². The molecule has 0 aromatic heterocycles. The highest BCUT2D eigenvalue weighted by molar-refractivity contribution is 7.89. The van der Waals surface area contributed by atoms with Gasteiger partial charge in [-0.1, -0.05) is 65.8 Å². The van der Waals surface area contributed by atoms with Gasteiger partial charge in [-0.15, -0.1) is 0 Å². The molecule has 43 heavy (non-hydrogen) atoms. The number of oxime groups is 1. The summed E-state index contributed by atoms with van der Waals surface area (Å²) in [5, 5.41) is 37.4. The van der Waals surface area contributed by atoms with Gasteiger partial charge in [0.25, 0.3) is 11.4 Å². The summed E-state index contributed by atoms with van der Waals surface area (Å²) in [6.45, 7) is -0.282. The quantitative estimate of drug-likeness (QED) is 0.117. The van der Waals surface area contributed by atoms with Gasteiger partial charge in [-0.2, -0.15) is 0 Å². The zero-order chi connectivity index (χ0) is 30.9. The van der Waals surface area contributed by atoms with E-state index in [0.717, 1.165) is 24.3 Å². The SMILES string of the molecule is O=[N+]([O-])c1cc(S(=O)(=O)NCc2ccccc2)cc2c1-c1c(cc(S(=O)(=O)NCc3ccccc3)cc1[N+](=O)[O-])C2=NO. The number of nitrogens with one attached hydrogen (secondary N) is 2. The minimum Gasteiger partial charge on any atom is -0.410 e. The zero-order valence-electron chi connectivity index (χ0n) is 21.9. The van der Waals surface area contributed by atoms with Crippen molar-refractivity contribution in [2.24, 2.45) is 5.16 Å². The highest BCUT2D eigenvalue weighted by Crippen LogP contribution is 2.49. The molecular weight excluding hydrogens is 602 g/mol. The largest absolute Gasteiger partial charge is 0.410 e. The lowest BCUT2D eigenvalue weighted by Gasteiger charge is -2.10. The van der Waals surface area contributed by atoms with Gasteiger partial charge in [-0.3, -0.25) is 20.2 Å². The van der Waals surface area contributed by atoms with Crippen molar-refractivity contribution in [3.05, 3.63) is 127 Å². The van der Waals surface area contributed by atoms with Crippen LogP contribution in [0.25, 0.3) is 11.1 Å². The number of sulfonamides is 2. The van der Waals surface area contributed by atoms with Crippen molar-refractivity contribution >= 4 is 37.1 Å². The first-order chi connectivity index (χ1) is 20.4. The number of fused-ring (bicyclic) bond motifs is 3. The molecule has 4 aromatic carbocycles. The monoisotopic (exact) mass is 623 g/mol. The Bertz CT molecular complexity index is 1870. The van der Waals surface area contributed by atoms with E-state index >= 15 is 0 Å². The predicted octanol–water partition coefficient (Wildman–Crippen LogP) is 3.67. The van der Waals surface area contributed by atoms with Crippen LogP contribution in [0.4, 0.5) is 11.4 Å². The van der Waals surface area contributed by atoms with E-state index in [1.54, 1.807) is 60.7 Å². The van der Waals surface area contributed by atoms with Gasteiger partial charge in [-0.05, 0) is 23.3 Å². The molecule has 0 spiro atoms. The third-order valence-electron chi connectivity index (χ3n) is 6.67. The molecule has 16 heteroatoms. The number of rotatable bonds is 10. The summed E-state index contributed by atoms with van der Waals surface area (Å²) < 4.78 is 57.3. The van der Waals surface area contributed by atoms with Crippen LogP contribution < -0.4 is 9.44 Å². The van der Waals surface area contributed by atoms with Gasteiger partial charge >= 0.3 is 0 Å². The minimum atomic E-state index is -4.38. The van der Waals surface area contributed by atoms with E-state index in [0.29, 0.717) is 11.1 Å². The summed E-state index contributed by atoms with van der Waals surface area (Å²) >= 11 is 0. The van der Waals surface area contributed by atoms with Gasteiger partial charge in [0.1, 0.15) is 5.71 Å². The van der Waals surface area contributed by atoms with E-state index in [9.17, 15) is 42.3 Å². The van der Waals surface area contributed by atoms with Crippen LogP contribution in [0.2, 0.25) is 0 Å². The van der Waals surface area contributed by atoms with E-state index in [1.165, 1.54) is 0 Å². The molecule has 1 aliphatic carbocycles. The van der Waals surface area contributed by atoms with E-state index in [1.807, 2.05) is 0 Å². The maximum atomic E-state index is 13.2. The second-order valence-corrected chi connectivity index (χ2v) is 12.8. The molecular formula is C27H21N5O9S2. The maximum absolute atomic E-state index is 13.2. The molecule has 5 rings (SSSR count). The van der Waals surface area contributed by atoms with Gasteiger partial charge in [0.15, 0.2) is 0 Å². The van der Waals surface area contributed by atoms with Gasteiger partial charge < -0.3 is 5.21 Å². The van der Waals surface area contributed by atoms with Crippen molar-refractivity contribution in [1.29, 1.82) is 0 Å². The molecule has 0 heterocycles. The molecule has 0 radical (unpaired) electrons. The fourth-order valence-electron chi connectivity index (χ4n) is 4.67. The lowest BCUT2D eigenvalue weighted by molar-refractivity contribution is -0.386. The lowest BCUT2D eigenvalue weighted by Crippen LogP contribution is -2.23. The number of nitrogens with zero attached hydrogens (tertiary/aromatic N) is 3. The Morgan fingerprint density at radius 3 is 1.35 bits per heavy atom. The molecule has 0 atom stereocenters. The van der Waals surface area contributed by atoms with Crippen LogP contribution >= 0.6 is 0 Å². The van der Waals surface area contributed by atoms with Gasteiger partial charge in [0.2, 0.25) is 20.0 Å². The Morgan fingerprint density at radius 1 is 0.651 bits per heavy atom. The zero-order valence-corrected chi connectivity index (χ0v) is 23.5. The van der Waals surface area contributed by atoms with Crippen LogP contribution in [0, 0.1) is 20.2 Å². The topological polar surface area (TPSA) is 211 Å². The first-order valence-corrected chi connectivity index (χ1v) is 15.3. The van der Waals surface area contributed by atoms with Crippen molar-refractivity contribution in [3.63, 3.8) is 0 Å². The Balaban J connectivity index is 1.63. The van der Waals surface area contributed by atoms with Crippen LogP contribution in [0.5, 0.6) is 0 Å². The fourth-order valence-corrected chi connectivity index (χ4v) is 6.79. The second-order valence-electron chi connectivity index (χ2n) is 9.31. The van der Waals surface area contributed by atoms with E-state index in [-0.39, 0.29) is 35.3 Å². The van der Waals surface area contributed by atoms with E-state index in [2.05, 4.69) is 14.6 Å². The minimum absolute atomic E-state index is 0.141. The Morgan fingerprint density at radius 2 is 1.02 bits per heavy atom. The normalized spacial score (nSPS) is 12.4. The number of nitro benzene ring substituents is 2. The van der Waals surface area contributed by atoms with Gasteiger partial charge in [0, 0.05) is 36.3 Å². The van der Waals surface area contributed by atoms with E-state index in [4.69, 9.17) is 0 Å². The molecule has 220 valence electrons. The molecule has 0 fully saturated rings. The molecule has 1 aliphatic rings. The van der Waals surface area contributed by atoms with Crippen LogP contribution in [-0.4, -0.2) is 37.6 Å². The first kappa shape index (κ1) is 29.5. The van der Waals surface area contributed by atoms with Crippen LogP contribution in [0.3, 0.4) is 0 Å². The molecule has 0 amide bonds. The molecule has 14 nitrogen and oxygen atoms in total. The van der Waals surface area contributed by atoms with Gasteiger partial charge in [0.05, 0.1) is 30.8 Å². The molecule has 0 aliphatic heterocycles. The Labute approximate surface area is 244 Å². The average Bonchev–Trinajstić information content (AvgIpc) is 3.32. The third kappa shape index (κ3) is 5.71. The molecule has 0 unspecified atom stereocenters. The maximum Gasteiger partial charge on any atom is 0.279 e. The van der Waals surface area contributed by atoms with Crippen molar-refractivity contribution in [1.82, 2.24) is 9.44 Å². The smallest absolute Gasteiger partial charge is 0.279 e. The second kappa shape index (κ2) is 11.3. The fraction of sp³-hybridized carbons (Fsp3) is 0.0741. The van der Waals surface area contributed by atoms with E-state index < -0.39 is 56.8 Å². The highest BCUT2D eigenvalue weighted by Gasteiger charge is 2.41. The summed E-state index contributed by atoms with van der Waals surface area (Å²) in [6, 6.07) is 20.4. The van der Waals surface area contributed by atoms with Crippen molar-refractivity contribution in [3.8, 4) is 11.1 Å². The lowest BCUT2D eigenvalue weighted by atomic mass is 10.0. The number of hydrogen-bond donors (Lipinski definition) is 3. The van der Waals surface area contributed by atoms with Crippen LogP contribution in [-0.2, 0) is 33.1 Å². The summed E-state index contributed by atoms with van der Waals surface area (Å²) in [7, 11) is -8.75. The Kier molecular flexibility index (Phi) is 7.76. The summed E-state index contributed by atoms with van der Waals surface area (Å²) in [5.41, 5.74) is -2.28. The number of hydrogen-bond acceptors (Lipinski definition) is 10. The molecule has 3 N–H and O–H groups in total. The first-order valence-electron chi connectivity index (χ1n) is 12.4. The molecule has 0 saturated carbocycles. The van der Waals surface area contributed by atoms with Crippen molar-refractivity contribution < 1.29 is 31.9 Å². The van der Waals surface area contributed by atoms with Gasteiger partial charge in [-0.25, -0.2) is 26.3 Å². The van der Waals surface area contributed by atoms with Crippen LogP contribution in [0.15, 0.2) is 99.9 Å². The number of nitro groups is 2. The third-order valence-corrected chi connectivity index (χ3v) is 9.44. The van der Waals surface area contributed by atoms with Crippen LogP contribution in [0.1, 0.15) is 22.3 Å². The van der Waals surface area contributed by atoms with Crippen molar-refractivity contribution in [2.45, 2.75) is 22.9 Å².